The third kappa shape index (κ3) is 3.13. The van der Waals surface area contributed by atoms with Crippen molar-refractivity contribution in [2.45, 2.75) is 38.0 Å². The molecule has 0 bridgehead atoms. The molecule has 1 saturated carbocycles. The molecule has 0 atom stereocenters. The summed E-state index contributed by atoms with van der Waals surface area (Å²) in [5, 5.41) is 11.3. The lowest BCUT2D eigenvalue weighted by atomic mass is 9.85. The lowest BCUT2D eigenvalue weighted by Gasteiger charge is -2.20. The maximum atomic E-state index is 5.61. The van der Waals surface area contributed by atoms with E-state index in [9.17, 15) is 0 Å². The van der Waals surface area contributed by atoms with Crippen LogP contribution in [0.5, 0.6) is 0 Å². The SMILES string of the molecule is c1ccc(CCCNc2nnc(C3CCC3)o2)cc1. The van der Waals surface area contributed by atoms with Crippen molar-refractivity contribution in [2.24, 2.45) is 0 Å². The highest BCUT2D eigenvalue weighted by Gasteiger charge is 2.24. The second kappa shape index (κ2) is 5.87. The Kier molecular flexibility index (Phi) is 3.77. The number of hydrogen-bond acceptors (Lipinski definition) is 4. The minimum absolute atomic E-state index is 0.507. The van der Waals surface area contributed by atoms with Crippen LogP contribution in [0.1, 0.15) is 43.1 Å². The number of nitrogens with one attached hydrogen (secondary N) is 1. The van der Waals surface area contributed by atoms with Gasteiger partial charge in [0.15, 0.2) is 0 Å². The Morgan fingerprint density at radius 2 is 2.00 bits per heavy atom. The molecule has 100 valence electrons. The molecule has 1 heterocycles. The molecule has 1 aromatic carbocycles. The Morgan fingerprint density at radius 1 is 1.16 bits per heavy atom. The summed E-state index contributed by atoms with van der Waals surface area (Å²) < 4.78 is 5.61. The van der Waals surface area contributed by atoms with Crippen molar-refractivity contribution in [1.29, 1.82) is 0 Å². The van der Waals surface area contributed by atoms with Crippen LogP contribution in [0.15, 0.2) is 34.7 Å². The Hall–Kier alpha value is -1.84. The van der Waals surface area contributed by atoms with E-state index >= 15 is 0 Å². The summed E-state index contributed by atoms with van der Waals surface area (Å²) in [6, 6.07) is 11.1. The third-order valence-corrected chi connectivity index (χ3v) is 3.66. The van der Waals surface area contributed by atoms with Crippen molar-refractivity contribution in [2.75, 3.05) is 11.9 Å². The minimum atomic E-state index is 0.507. The van der Waals surface area contributed by atoms with Gasteiger partial charge in [0.25, 0.3) is 0 Å². The van der Waals surface area contributed by atoms with Crippen molar-refractivity contribution in [3.05, 3.63) is 41.8 Å². The molecular formula is C15H19N3O. The molecule has 0 saturated heterocycles. The van der Waals surface area contributed by atoms with Crippen LogP contribution in [0, 0.1) is 0 Å². The number of anilines is 1. The van der Waals surface area contributed by atoms with Crippen LogP contribution >= 0.6 is 0 Å². The Labute approximate surface area is 113 Å². The van der Waals surface area contributed by atoms with Crippen molar-refractivity contribution in [1.82, 2.24) is 10.2 Å². The van der Waals surface area contributed by atoms with Gasteiger partial charge in [-0.05, 0) is 31.2 Å². The van der Waals surface area contributed by atoms with E-state index in [2.05, 4.69) is 39.8 Å². The number of hydrogen-bond donors (Lipinski definition) is 1. The van der Waals surface area contributed by atoms with Crippen LogP contribution in [0.25, 0.3) is 0 Å². The van der Waals surface area contributed by atoms with E-state index in [4.69, 9.17) is 4.42 Å². The van der Waals surface area contributed by atoms with Gasteiger partial charge in [0.1, 0.15) is 0 Å². The smallest absolute Gasteiger partial charge is 0.315 e. The highest BCUT2D eigenvalue weighted by Crippen LogP contribution is 2.35. The molecule has 1 aliphatic carbocycles. The van der Waals surface area contributed by atoms with Crippen LogP contribution in [0.4, 0.5) is 6.01 Å². The van der Waals surface area contributed by atoms with E-state index in [-0.39, 0.29) is 0 Å². The molecule has 1 aliphatic rings. The highest BCUT2D eigenvalue weighted by molar-refractivity contribution is 5.19. The zero-order valence-electron chi connectivity index (χ0n) is 11.0. The lowest BCUT2D eigenvalue weighted by molar-refractivity contribution is 0.338. The maximum Gasteiger partial charge on any atom is 0.315 e. The minimum Gasteiger partial charge on any atom is -0.408 e. The summed E-state index contributed by atoms with van der Waals surface area (Å²) in [7, 11) is 0. The molecule has 4 heteroatoms. The van der Waals surface area contributed by atoms with Crippen LogP contribution in [-0.2, 0) is 6.42 Å². The molecular weight excluding hydrogens is 238 g/mol. The molecule has 0 aliphatic heterocycles. The van der Waals surface area contributed by atoms with Crippen LogP contribution in [0.3, 0.4) is 0 Å². The molecule has 0 amide bonds. The second-order valence-corrected chi connectivity index (χ2v) is 5.09. The van der Waals surface area contributed by atoms with E-state index in [1.165, 1.54) is 24.8 Å². The van der Waals surface area contributed by atoms with Gasteiger partial charge in [-0.3, -0.25) is 0 Å². The van der Waals surface area contributed by atoms with Crippen molar-refractivity contribution in [3.63, 3.8) is 0 Å². The number of aryl methyl sites for hydroxylation is 1. The predicted molar refractivity (Wildman–Crippen MR) is 74.1 cm³/mol. The van der Waals surface area contributed by atoms with Gasteiger partial charge in [0, 0.05) is 12.5 Å². The first-order chi connectivity index (χ1) is 9.42. The normalized spacial score (nSPS) is 15.2. The standard InChI is InChI=1S/C15H19N3O/c1-2-6-12(7-3-1)8-5-11-16-15-18-17-14(19-15)13-9-4-10-13/h1-3,6-7,13H,4-5,8-11H2,(H,16,18). The van der Waals surface area contributed by atoms with E-state index in [0.29, 0.717) is 11.9 Å². The van der Waals surface area contributed by atoms with Gasteiger partial charge in [-0.25, -0.2) is 0 Å². The summed E-state index contributed by atoms with van der Waals surface area (Å²) >= 11 is 0. The summed E-state index contributed by atoms with van der Waals surface area (Å²) in [4.78, 5) is 0. The Morgan fingerprint density at radius 3 is 2.74 bits per heavy atom. The molecule has 1 N–H and O–H groups in total. The van der Waals surface area contributed by atoms with Crippen LogP contribution < -0.4 is 5.32 Å². The third-order valence-electron chi connectivity index (χ3n) is 3.66. The van der Waals surface area contributed by atoms with E-state index in [1.54, 1.807) is 0 Å². The first-order valence-electron chi connectivity index (χ1n) is 7.03. The van der Waals surface area contributed by atoms with Gasteiger partial charge >= 0.3 is 6.01 Å². The monoisotopic (exact) mass is 257 g/mol. The van der Waals surface area contributed by atoms with E-state index in [0.717, 1.165) is 25.3 Å². The Balaban J connectivity index is 1.41. The fourth-order valence-corrected chi connectivity index (χ4v) is 2.26. The second-order valence-electron chi connectivity index (χ2n) is 5.09. The van der Waals surface area contributed by atoms with Crippen molar-refractivity contribution in [3.8, 4) is 0 Å². The van der Waals surface area contributed by atoms with Gasteiger partial charge in [-0.15, -0.1) is 5.10 Å². The molecule has 0 radical (unpaired) electrons. The number of rotatable bonds is 6. The zero-order chi connectivity index (χ0) is 12.9. The van der Waals surface area contributed by atoms with Crippen molar-refractivity contribution >= 4 is 6.01 Å². The zero-order valence-corrected chi connectivity index (χ0v) is 11.0. The summed E-state index contributed by atoms with van der Waals surface area (Å²) in [5.41, 5.74) is 1.37. The molecule has 2 aromatic rings. The molecule has 1 aromatic heterocycles. The van der Waals surface area contributed by atoms with Gasteiger partial charge < -0.3 is 9.73 Å². The molecule has 3 rings (SSSR count). The fourth-order valence-electron chi connectivity index (χ4n) is 2.26. The number of aromatic nitrogens is 2. The maximum absolute atomic E-state index is 5.61. The summed E-state index contributed by atoms with van der Waals surface area (Å²) in [5.74, 6) is 1.31. The number of nitrogens with zero attached hydrogens (tertiary/aromatic N) is 2. The first kappa shape index (κ1) is 12.2. The lowest BCUT2D eigenvalue weighted by Crippen LogP contribution is -2.08. The topological polar surface area (TPSA) is 51.0 Å². The average molecular weight is 257 g/mol. The molecule has 0 spiro atoms. The van der Waals surface area contributed by atoms with Crippen LogP contribution in [0.2, 0.25) is 0 Å². The first-order valence-corrected chi connectivity index (χ1v) is 7.03. The fraction of sp³-hybridized carbons (Fsp3) is 0.467. The Bertz CT molecular complexity index is 505. The molecule has 0 unspecified atom stereocenters. The summed E-state index contributed by atoms with van der Waals surface area (Å²) in [6.07, 6.45) is 5.79. The van der Waals surface area contributed by atoms with Gasteiger partial charge in [0.05, 0.1) is 0 Å². The van der Waals surface area contributed by atoms with Crippen molar-refractivity contribution < 1.29 is 4.42 Å². The number of benzene rings is 1. The quantitative estimate of drug-likeness (QED) is 0.806. The predicted octanol–water partition coefficient (Wildman–Crippen LogP) is 3.38. The average Bonchev–Trinajstić information content (AvgIpc) is 2.82. The molecule has 1 fully saturated rings. The van der Waals surface area contributed by atoms with Gasteiger partial charge in [-0.1, -0.05) is 41.9 Å². The highest BCUT2D eigenvalue weighted by atomic mass is 16.4. The van der Waals surface area contributed by atoms with Crippen LogP contribution in [-0.4, -0.2) is 16.7 Å². The largest absolute Gasteiger partial charge is 0.408 e. The molecule has 4 nitrogen and oxygen atoms in total. The summed E-state index contributed by atoms with van der Waals surface area (Å²) in [6.45, 7) is 0.862. The van der Waals surface area contributed by atoms with E-state index in [1.807, 2.05) is 6.07 Å². The molecule has 19 heavy (non-hydrogen) atoms. The van der Waals surface area contributed by atoms with Gasteiger partial charge in [0.2, 0.25) is 5.89 Å². The van der Waals surface area contributed by atoms with E-state index < -0.39 is 0 Å². The van der Waals surface area contributed by atoms with Gasteiger partial charge in [-0.2, -0.15) is 0 Å².